The Balaban J connectivity index is -0.000000240. The van der Waals surface area contributed by atoms with Gasteiger partial charge in [-0.2, -0.15) is 114 Å². The van der Waals surface area contributed by atoms with Crippen LogP contribution in [0.15, 0.2) is 84.9 Å². The van der Waals surface area contributed by atoms with E-state index in [1.54, 1.807) is 0 Å². The monoisotopic (exact) mass is 710 g/mol. The van der Waals surface area contributed by atoms with E-state index in [1.807, 2.05) is 72.8 Å². The van der Waals surface area contributed by atoms with Crippen LogP contribution in [0, 0.1) is 38.1 Å². The number of benzene rings is 4. The van der Waals surface area contributed by atoms with Gasteiger partial charge in [0.15, 0.2) is 0 Å². The molecule has 4 aromatic rings. The van der Waals surface area contributed by atoms with Gasteiger partial charge < -0.3 is 10.8 Å². The van der Waals surface area contributed by atoms with E-state index in [9.17, 15) is 0 Å². The van der Waals surface area contributed by atoms with E-state index < -0.39 is 0 Å². The van der Waals surface area contributed by atoms with E-state index in [0.717, 1.165) is 22.3 Å². The Labute approximate surface area is 284 Å². The molecule has 4 aromatic carbocycles. The van der Waals surface area contributed by atoms with Crippen molar-refractivity contribution in [3.8, 4) is 22.3 Å². The number of nitrogens with zero attached hydrogens (tertiary/aromatic N) is 2. The van der Waals surface area contributed by atoms with Crippen molar-refractivity contribution in [2.75, 3.05) is 0 Å². The van der Waals surface area contributed by atoms with Crippen LogP contribution in [-0.4, -0.2) is 22.6 Å². The molecule has 0 fully saturated rings. The second-order valence-corrected chi connectivity index (χ2v) is 8.18. The molecule has 0 atom stereocenters. The molecule has 0 spiro atoms. The van der Waals surface area contributed by atoms with E-state index in [2.05, 4.69) is 88.5 Å². The van der Waals surface area contributed by atoms with E-state index in [0.29, 0.717) is 0 Å². The first-order chi connectivity index (χ1) is 20.8. The van der Waals surface area contributed by atoms with Crippen LogP contribution in [0.2, 0.25) is 0 Å². The van der Waals surface area contributed by atoms with Gasteiger partial charge in [0.2, 0.25) is 0 Å². The Hall–Kier alpha value is -4.14. The molecule has 0 aliphatic carbocycles. The third-order valence-corrected chi connectivity index (χ3v) is 4.62. The summed E-state index contributed by atoms with van der Waals surface area (Å²) in [4.78, 5) is 32.5. The number of thiocarbonyl (C=S) groups is 2. The summed E-state index contributed by atoms with van der Waals surface area (Å²) in [7, 11) is 0. The Bertz CT molecular complexity index is 1250. The average Bonchev–Trinajstić information content (AvgIpc) is 3.01. The van der Waals surface area contributed by atoms with Gasteiger partial charge in [0.25, 0.3) is 0 Å². The summed E-state index contributed by atoms with van der Waals surface area (Å²) in [6.45, 7) is 8.59. The minimum Gasteiger partial charge on any atom is -0.753 e. The van der Waals surface area contributed by atoms with Crippen LogP contribution in [-0.2, 0) is 38.7 Å². The van der Waals surface area contributed by atoms with Crippen molar-refractivity contribution in [2.24, 2.45) is 0 Å². The van der Waals surface area contributed by atoms with Gasteiger partial charge in [0, 0.05) is 0 Å². The molecule has 226 valence electrons. The largest absolute Gasteiger partial charge is 6.00 e. The molecule has 0 heterocycles. The SMILES string of the molecule is CCCCC.Cc1cc[c-]c(-c2[c-]cccc2)c1.Cc1cc[c-]c(-c2[c-]cccc2)c1.O=C=O.O=C=O.[N-]=C=S.[N-]=C=S.[Ru+6]. The predicted octanol–water partition coefficient (Wildman–Crippen LogP) is 8.87. The quantitative estimate of drug-likeness (QED) is 0.0906. The number of rotatable bonds is 4. The van der Waals surface area contributed by atoms with Crippen LogP contribution in [0.1, 0.15) is 44.2 Å². The second kappa shape index (κ2) is 36.9. The smallest absolute Gasteiger partial charge is 0.753 e. The van der Waals surface area contributed by atoms with E-state index >= 15 is 0 Å². The Kier molecular flexibility index (Phi) is 39.2. The van der Waals surface area contributed by atoms with Crippen LogP contribution >= 0.6 is 24.4 Å². The summed E-state index contributed by atoms with van der Waals surface area (Å²) in [5.41, 5.74) is 6.94. The third kappa shape index (κ3) is 29.4. The molecule has 9 heteroatoms. The number of hydrogen-bond donors (Lipinski definition) is 0. The minimum atomic E-state index is 0. The van der Waals surface area contributed by atoms with Gasteiger partial charge in [0.1, 0.15) is 0 Å². The van der Waals surface area contributed by atoms with Gasteiger partial charge in [-0.25, -0.2) is 22.3 Å². The molecule has 0 unspecified atom stereocenters. The fourth-order valence-corrected chi connectivity index (χ4v) is 2.95. The minimum absolute atomic E-state index is 0. The molecule has 0 aromatic heterocycles. The fraction of sp³-hybridized carbons (Fsp3) is 0.200. The molecular weight excluding hydrogens is 678 g/mol. The van der Waals surface area contributed by atoms with E-state index in [1.165, 1.54) is 40.7 Å². The average molecular weight is 710 g/mol. The topological polar surface area (TPSA) is 113 Å². The van der Waals surface area contributed by atoms with Crippen molar-refractivity contribution in [3.63, 3.8) is 0 Å². The van der Waals surface area contributed by atoms with Crippen LogP contribution in [0.25, 0.3) is 33.1 Å². The molecule has 0 amide bonds. The zero-order valence-electron chi connectivity index (χ0n) is 24.9. The van der Waals surface area contributed by atoms with Gasteiger partial charge in [-0.1, -0.05) is 71.4 Å². The van der Waals surface area contributed by atoms with Crippen LogP contribution in [0.3, 0.4) is 0 Å². The van der Waals surface area contributed by atoms with Crippen molar-refractivity contribution in [1.82, 2.24) is 0 Å². The summed E-state index contributed by atoms with van der Waals surface area (Å²) in [5, 5.41) is 16.9. The first-order valence-corrected chi connectivity index (χ1v) is 13.5. The van der Waals surface area contributed by atoms with Gasteiger partial charge >= 0.3 is 31.8 Å². The molecular formula is C35H32N2O4RuS2. The molecule has 0 radical (unpaired) electrons. The Morgan fingerprint density at radius 3 is 1.09 bits per heavy atom. The van der Waals surface area contributed by atoms with E-state index in [4.69, 9.17) is 30.0 Å². The van der Waals surface area contributed by atoms with Crippen molar-refractivity contribution < 1.29 is 38.7 Å². The number of isothiocyanates is 2. The van der Waals surface area contributed by atoms with Gasteiger partial charge in [-0.15, -0.1) is 35.4 Å². The number of carbonyl (C=O) groups excluding carboxylic acids is 4. The summed E-state index contributed by atoms with van der Waals surface area (Å²) >= 11 is 7.40. The normalized spacial score (nSPS) is 7.55. The molecule has 0 saturated carbocycles. The molecule has 0 N–H and O–H groups in total. The van der Waals surface area contributed by atoms with E-state index in [-0.39, 0.29) is 31.8 Å². The van der Waals surface area contributed by atoms with Crippen LogP contribution in [0.5, 0.6) is 0 Å². The second-order valence-electron chi connectivity index (χ2n) is 7.81. The number of unbranched alkanes of at least 4 members (excludes halogenated alkanes) is 2. The zero-order chi connectivity index (χ0) is 33.1. The molecule has 44 heavy (non-hydrogen) atoms. The fourth-order valence-electron chi connectivity index (χ4n) is 2.95. The zero-order valence-corrected chi connectivity index (χ0v) is 28.3. The molecule has 6 nitrogen and oxygen atoms in total. The Morgan fingerprint density at radius 2 is 0.886 bits per heavy atom. The maximum Gasteiger partial charge on any atom is 6.00 e. The van der Waals surface area contributed by atoms with Gasteiger partial charge in [0.05, 0.1) is 0 Å². The number of aryl methyl sites for hydroxylation is 2. The van der Waals surface area contributed by atoms with Crippen LogP contribution in [0.4, 0.5) is 0 Å². The van der Waals surface area contributed by atoms with Crippen molar-refractivity contribution in [1.29, 1.82) is 0 Å². The number of hydrogen-bond acceptors (Lipinski definition) is 6. The van der Waals surface area contributed by atoms with Crippen LogP contribution < -0.4 is 0 Å². The summed E-state index contributed by atoms with van der Waals surface area (Å²) in [6, 6.07) is 40.9. The van der Waals surface area contributed by atoms with Crippen molar-refractivity contribution >= 4 is 47.1 Å². The summed E-state index contributed by atoms with van der Waals surface area (Å²) < 4.78 is 0. The molecule has 0 bridgehead atoms. The first kappa shape index (κ1) is 46.8. The van der Waals surface area contributed by atoms with Gasteiger partial charge in [-0.05, 0) is 0 Å². The maximum atomic E-state index is 8.12. The predicted molar refractivity (Wildman–Crippen MR) is 176 cm³/mol. The maximum absolute atomic E-state index is 8.12. The molecule has 0 aliphatic heterocycles. The Morgan fingerprint density at radius 1 is 0.591 bits per heavy atom. The third-order valence-electron chi connectivity index (χ3n) is 4.62. The molecule has 0 aliphatic rings. The van der Waals surface area contributed by atoms with Crippen molar-refractivity contribution in [2.45, 2.75) is 47.0 Å². The summed E-state index contributed by atoms with van der Waals surface area (Å²) in [5.74, 6) is 0. The van der Waals surface area contributed by atoms with Gasteiger partial charge in [-0.3, -0.25) is 0 Å². The molecule has 0 saturated heterocycles. The molecule has 4 rings (SSSR count). The summed E-state index contributed by atoms with van der Waals surface area (Å²) in [6.07, 6.45) is 4.58. The first-order valence-electron chi connectivity index (χ1n) is 12.7. The van der Waals surface area contributed by atoms with Crippen molar-refractivity contribution in [3.05, 3.63) is 131 Å². The standard InChI is InChI=1S/2C13H10.C5H12.2CNS.2CO2.Ru/c2*1-11-6-5-9-13(10-11)12-7-3-2-4-8-12;1-3-5-4-2;4*2-1-3;/h2*2-7,10H,1H3;3-5H2,1-2H3;;;;;/q2*-2;;2*-1;;;+6.